The number of rotatable bonds is 8. The molecule has 0 saturated heterocycles. The topological polar surface area (TPSA) is 95.3 Å². The van der Waals surface area contributed by atoms with Crippen molar-refractivity contribution in [3.63, 3.8) is 0 Å². The van der Waals surface area contributed by atoms with Gasteiger partial charge in [-0.15, -0.1) is 0 Å². The molecule has 1 N–H and O–H groups in total. The molecule has 5 aromatic rings. The summed E-state index contributed by atoms with van der Waals surface area (Å²) in [7, 11) is 1.57. The summed E-state index contributed by atoms with van der Waals surface area (Å²) in [5.74, 6) is 0.761. The first-order valence-corrected chi connectivity index (χ1v) is 11.7. The maximum absolute atomic E-state index is 13.3. The number of carbonyl (C=O) groups is 1. The van der Waals surface area contributed by atoms with Crippen LogP contribution in [0.2, 0.25) is 0 Å². The Balaban J connectivity index is 1.37. The standard InChI is InChI=1S/C29H24N4O4/c1-36-26-17-21(11-12-25(26)37-19-20-13-15-30-16-14-20)18-31-28(34)27-23-9-5-6-10-24(23)29(35)33(32-27)22-7-3-2-4-8-22/h2-17H,18-19H2,1H3,(H,31,34). The van der Waals surface area contributed by atoms with Crippen molar-refractivity contribution in [3.8, 4) is 17.2 Å². The fourth-order valence-electron chi connectivity index (χ4n) is 3.95. The molecule has 0 fully saturated rings. The highest BCUT2D eigenvalue weighted by Crippen LogP contribution is 2.29. The molecule has 184 valence electrons. The van der Waals surface area contributed by atoms with Crippen LogP contribution in [0.1, 0.15) is 21.6 Å². The molecule has 0 bridgehead atoms. The lowest BCUT2D eigenvalue weighted by Gasteiger charge is -2.13. The Labute approximate surface area is 213 Å². The fourth-order valence-corrected chi connectivity index (χ4v) is 3.95. The Hall–Kier alpha value is -4.98. The third-order valence-electron chi connectivity index (χ3n) is 5.85. The first kappa shape index (κ1) is 23.7. The maximum atomic E-state index is 13.3. The molecular weight excluding hydrogens is 468 g/mol. The minimum atomic E-state index is -0.391. The van der Waals surface area contributed by atoms with E-state index in [4.69, 9.17) is 9.47 Å². The smallest absolute Gasteiger partial charge is 0.279 e. The van der Waals surface area contributed by atoms with Gasteiger partial charge in [-0.25, -0.2) is 0 Å². The number of nitrogens with zero attached hydrogens (tertiary/aromatic N) is 3. The van der Waals surface area contributed by atoms with Crippen LogP contribution in [0, 0.1) is 0 Å². The molecule has 0 saturated carbocycles. The zero-order valence-electron chi connectivity index (χ0n) is 20.1. The van der Waals surface area contributed by atoms with Crippen LogP contribution in [-0.4, -0.2) is 27.8 Å². The third kappa shape index (κ3) is 5.18. The van der Waals surface area contributed by atoms with E-state index in [1.807, 2.05) is 48.5 Å². The SMILES string of the molecule is COc1cc(CNC(=O)c2nn(-c3ccccc3)c(=O)c3ccccc23)ccc1OCc1ccncc1. The molecule has 0 radical (unpaired) electrons. The highest BCUT2D eigenvalue weighted by molar-refractivity contribution is 6.04. The number of aromatic nitrogens is 3. The summed E-state index contributed by atoms with van der Waals surface area (Å²) in [5, 5.41) is 8.26. The van der Waals surface area contributed by atoms with Crippen LogP contribution in [0.15, 0.2) is 102 Å². The van der Waals surface area contributed by atoms with Gasteiger partial charge < -0.3 is 14.8 Å². The van der Waals surface area contributed by atoms with Crippen molar-refractivity contribution >= 4 is 16.7 Å². The summed E-state index contributed by atoms with van der Waals surface area (Å²) in [6.45, 7) is 0.616. The number of nitrogens with one attached hydrogen (secondary N) is 1. The first-order valence-electron chi connectivity index (χ1n) is 11.7. The van der Waals surface area contributed by atoms with Crippen LogP contribution in [0.25, 0.3) is 16.5 Å². The molecule has 2 aromatic heterocycles. The van der Waals surface area contributed by atoms with Crippen molar-refractivity contribution in [2.24, 2.45) is 0 Å². The van der Waals surface area contributed by atoms with Crippen LogP contribution in [0.4, 0.5) is 0 Å². The minimum absolute atomic E-state index is 0.170. The first-order chi connectivity index (χ1) is 18.1. The van der Waals surface area contributed by atoms with E-state index >= 15 is 0 Å². The van der Waals surface area contributed by atoms with E-state index in [0.717, 1.165) is 11.1 Å². The van der Waals surface area contributed by atoms with E-state index in [9.17, 15) is 9.59 Å². The second kappa shape index (κ2) is 10.7. The van der Waals surface area contributed by atoms with Crippen LogP contribution in [-0.2, 0) is 13.2 Å². The molecule has 8 heteroatoms. The molecule has 0 spiro atoms. The molecular formula is C29H24N4O4. The van der Waals surface area contributed by atoms with Crippen molar-refractivity contribution in [1.82, 2.24) is 20.1 Å². The Morgan fingerprint density at radius 2 is 1.59 bits per heavy atom. The lowest BCUT2D eigenvalue weighted by molar-refractivity contribution is 0.0946. The van der Waals surface area contributed by atoms with E-state index in [1.165, 1.54) is 4.68 Å². The number of pyridine rings is 1. The lowest BCUT2D eigenvalue weighted by Crippen LogP contribution is -2.29. The van der Waals surface area contributed by atoms with E-state index in [2.05, 4.69) is 15.4 Å². The zero-order valence-corrected chi connectivity index (χ0v) is 20.1. The van der Waals surface area contributed by atoms with E-state index in [-0.39, 0.29) is 17.8 Å². The third-order valence-corrected chi connectivity index (χ3v) is 5.85. The predicted octanol–water partition coefficient (Wildman–Crippen LogP) is 4.30. The van der Waals surface area contributed by atoms with E-state index in [0.29, 0.717) is 34.6 Å². The normalized spacial score (nSPS) is 10.7. The number of fused-ring (bicyclic) bond motifs is 1. The molecule has 0 aliphatic rings. The Kier molecular flexibility index (Phi) is 6.89. The van der Waals surface area contributed by atoms with Crippen molar-refractivity contribution in [3.05, 3.63) is 124 Å². The fraction of sp³-hybridized carbons (Fsp3) is 0.103. The Morgan fingerprint density at radius 1 is 0.865 bits per heavy atom. The van der Waals surface area contributed by atoms with Gasteiger partial charge in [-0.05, 0) is 53.6 Å². The van der Waals surface area contributed by atoms with Crippen LogP contribution in [0.5, 0.6) is 11.5 Å². The quantitative estimate of drug-likeness (QED) is 0.347. The van der Waals surface area contributed by atoms with Gasteiger partial charge >= 0.3 is 0 Å². The number of hydrogen-bond donors (Lipinski definition) is 1. The molecule has 0 aliphatic carbocycles. The monoisotopic (exact) mass is 492 g/mol. The highest BCUT2D eigenvalue weighted by Gasteiger charge is 2.17. The van der Waals surface area contributed by atoms with E-state index < -0.39 is 5.91 Å². The molecule has 0 atom stereocenters. The molecule has 3 aromatic carbocycles. The minimum Gasteiger partial charge on any atom is -0.493 e. The summed E-state index contributed by atoms with van der Waals surface area (Å²) < 4.78 is 12.7. The largest absolute Gasteiger partial charge is 0.493 e. The van der Waals surface area contributed by atoms with Crippen molar-refractivity contribution in [2.45, 2.75) is 13.2 Å². The predicted molar refractivity (Wildman–Crippen MR) is 140 cm³/mol. The maximum Gasteiger partial charge on any atom is 0.279 e. The summed E-state index contributed by atoms with van der Waals surface area (Å²) in [6, 6.07) is 25.3. The lowest BCUT2D eigenvalue weighted by atomic mass is 10.1. The molecule has 2 heterocycles. The van der Waals surface area contributed by atoms with Gasteiger partial charge in [-0.3, -0.25) is 14.6 Å². The van der Waals surface area contributed by atoms with Gasteiger partial charge in [-0.2, -0.15) is 9.78 Å². The van der Waals surface area contributed by atoms with E-state index in [1.54, 1.807) is 55.9 Å². The average molecular weight is 493 g/mol. The molecule has 5 rings (SSSR count). The zero-order chi connectivity index (χ0) is 25.6. The molecule has 8 nitrogen and oxygen atoms in total. The molecule has 0 aliphatic heterocycles. The van der Waals surface area contributed by atoms with Gasteiger partial charge in [0.25, 0.3) is 11.5 Å². The second-order valence-electron chi connectivity index (χ2n) is 8.26. The van der Waals surface area contributed by atoms with Gasteiger partial charge in [0.2, 0.25) is 0 Å². The van der Waals surface area contributed by atoms with Crippen LogP contribution >= 0.6 is 0 Å². The Morgan fingerprint density at radius 3 is 2.35 bits per heavy atom. The highest BCUT2D eigenvalue weighted by atomic mass is 16.5. The number of methoxy groups -OCH3 is 1. The van der Waals surface area contributed by atoms with Gasteiger partial charge in [-0.1, -0.05) is 42.5 Å². The van der Waals surface area contributed by atoms with Crippen molar-refractivity contribution < 1.29 is 14.3 Å². The van der Waals surface area contributed by atoms with Gasteiger partial charge in [0.15, 0.2) is 17.2 Å². The van der Waals surface area contributed by atoms with Crippen LogP contribution in [0.3, 0.4) is 0 Å². The molecule has 0 unspecified atom stereocenters. The average Bonchev–Trinajstić information content (AvgIpc) is 2.96. The second-order valence-corrected chi connectivity index (χ2v) is 8.26. The summed E-state index contributed by atoms with van der Waals surface area (Å²) in [5.41, 5.74) is 2.28. The number of carbonyl (C=O) groups excluding carboxylic acids is 1. The van der Waals surface area contributed by atoms with Crippen molar-refractivity contribution in [2.75, 3.05) is 7.11 Å². The van der Waals surface area contributed by atoms with Crippen LogP contribution < -0.4 is 20.3 Å². The summed E-state index contributed by atoms with van der Waals surface area (Å²) >= 11 is 0. The number of para-hydroxylation sites is 1. The van der Waals surface area contributed by atoms with Crippen molar-refractivity contribution in [1.29, 1.82) is 0 Å². The number of amides is 1. The number of ether oxygens (including phenoxy) is 2. The van der Waals surface area contributed by atoms with Gasteiger partial charge in [0, 0.05) is 24.3 Å². The number of hydrogen-bond acceptors (Lipinski definition) is 6. The van der Waals surface area contributed by atoms with Gasteiger partial charge in [0.05, 0.1) is 18.2 Å². The number of benzene rings is 3. The molecule has 37 heavy (non-hydrogen) atoms. The van der Waals surface area contributed by atoms with Gasteiger partial charge in [0.1, 0.15) is 6.61 Å². The Bertz CT molecular complexity index is 1600. The molecule has 1 amide bonds. The summed E-state index contributed by atoms with van der Waals surface area (Å²) in [4.78, 5) is 30.3. The summed E-state index contributed by atoms with van der Waals surface area (Å²) in [6.07, 6.45) is 3.43.